The van der Waals surface area contributed by atoms with Crippen molar-refractivity contribution >= 4 is 11.0 Å². The monoisotopic (exact) mass is 325 g/mol. The lowest BCUT2D eigenvalue weighted by molar-refractivity contribution is 0.302. The van der Waals surface area contributed by atoms with E-state index in [0.717, 1.165) is 22.1 Å². The molecule has 2 aromatic carbocycles. The molecule has 0 aliphatic heterocycles. The van der Waals surface area contributed by atoms with E-state index in [2.05, 4.69) is 5.16 Å². The van der Waals surface area contributed by atoms with Gasteiger partial charge in [0.15, 0.2) is 11.5 Å². The standard InChI is InChI=1S/C19H19NO4/c1-11-7-12(2)19-14(20-21)10-16(24-18(19)8-11)13-5-6-15(22-3)17(9-13)23-4/h5-10,21H,1-4H3. The summed E-state index contributed by atoms with van der Waals surface area (Å²) in [6.07, 6.45) is 0. The number of methoxy groups -OCH3 is 2. The average Bonchev–Trinajstić information content (AvgIpc) is 2.59. The molecule has 1 heterocycles. The molecule has 1 aromatic heterocycles. The van der Waals surface area contributed by atoms with Crippen molar-refractivity contribution in [2.45, 2.75) is 13.8 Å². The van der Waals surface area contributed by atoms with Gasteiger partial charge in [-0.1, -0.05) is 11.2 Å². The van der Waals surface area contributed by atoms with Gasteiger partial charge in [0.25, 0.3) is 0 Å². The van der Waals surface area contributed by atoms with E-state index in [0.29, 0.717) is 28.2 Å². The summed E-state index contributed by atoms with van der Waals surface area (Å²) in [5.41, 5.74) is 3.56. The van der Waals surface area contributed by atoms with Gasteiger partial charge in [-0.15, -0.1) is 0 Å². The van der Waals surface area contributed by atoms with E-state index in [1.54, 1.807) is 20.3 Å². The zero-order chi connectivity index (χ0) is 17.3. The molecule has 0 aliphatic rings. The third-order valence-electron chi connectivity index (χ3n) is 3.96. The minimum Gasteiger partial charge on any atom is -0.493 e. The van der Waals surface area contributed by atoms with Gasteiger partial charge in [-0.25, -0.2) is 0 Å². The molecular weight excluding hydrogens is 306 g/mol. The number of rotatable bonds is 3. The van der Waals surface area contributed by atoms with Crippen LogP contribution in [0.3, 0.4) is 0 Å². The first-order valence-electron chi connectivity index (χ1n) is 7.53. The van der Waals surface area contributed by atoms with Crippen LogP contribution in [0, 0.1) is 13.8 Å². The van der Waals surface area contributed by atoms with Crippen molar-refractivity contribution in [1.82, 2.24) is 0 Å². The Labute approximate surface area is 139 Å². The first-order chi connectivity index (χ1) is 11.6. The number of benzene rings is 2. The number of hydrogen-bond acceptors (Lipinski definition) is 5. The molecule has 24 heavy (non-hydrogen) atoms. The predicted molar refractivity (Wildman–Crippen MR) is 91.6 cm³/mol. The van der Waals surface area contributed by atoms with Gasteiger partial charge in [0.2, 0.25) is 0 Å². The second-order valence-corrected chi connectivity index (χ2v) is 5.62. The van der Waals surface area contributed by atoms with E-state index in [1.807, 2.05) is 44.2 Å². The second-order valence-electron chi connectivity index (χ2n) is 5.62. The van der Waals surface area contributed by atoms with E-state index >= 15 is 0 Å². The highest BCUT2D eigenvalue weighted by Gasteiger charge is 2.12. The maximum atomic E-state index is 9.42. The van der Waals surface area contributed by atoms with Crippen LogP contribution in [0.4, 0.5) is 0 Å². The summed E-state index contributed by atoms with van der Waals surface area (Å²) in [7, 11) is 3.17. The fourth-order valence-electron chi connectivity index (χ4n) is 2.89. The summed E-state index contributed by atoms with van der Waals surface area (Å²) in [5, 5.41) is 14.1. The summed E-state index contributed by atoms with van der Waals surface area (Å²) >= 11 is 0. The molecule has 0 unspecified atom stereocenters. The van der Waals surface area contributed by atoms with Crippen LogP contribution < -0.4 is 14.8 Å². The molecule has 0 fully saturated rings. The fraction of sp³-hybridized carbons (Fsp3) is 0.211. The first-order valence-corrected chi connectivity index (χ1v) is 7.53. The lowest BCUT2D eigenvalue weighted by Gasteiger charge is -2.11. The maximum absolute atomic E-state index is 9.42. The molecule has 0 amide bonds. The third kappa shape index (κ3) is 2.69. The molecule has 0 bridgehead atoms. The van der Waals surface area contributed by atoms with Gasteiger partial charge in [-0.05, 0) is 49.2 Å². The Morgan fingerprint density at radius 3 is 2.38 bits per heavy atom. The summed E-state index contributed by atoms with van der Waals surface area (Å²) in [6.45, 7) is 3.97. The van der Waals surface area contributed by atoms with Gasteiger partial charge >= 0.3 is 0 Å². The van der Waals surface area contributed by atoms with Crippen LogP contribution in [0.1, 0.15) is 11.1 Å². The van der Waals surface area contributed by atoms with Crippen molar-refractivity contribution in [2.75, 3.05) is 14.2 Å². The van der Waals surface area contributed by atoms with Crippen molar-refractivity contribution in [1.29, 1.82) is 0 Å². The lowest BCUT2D eigenvalue weighted by Crippen LogP contribution is -2.05. The Morgan fingerprint density at radius 2 is 1.71 bits per heavy atom. The molecule has 1 N–H and O–H groups in total. The number of hydrogen-bond donors (Lipinski definition) is 1. The highest BCUT2D eigenvalue weighted by molar-refractivity contribution is 5.82. The van der Waals surface area contributed by atoms with E-state index in [1.165, 1.54) is 0 Å². The Hall–Kier alpha value is -2.95. The summed E-state index contributed by atoms with van der Waals surface area (Å²) < 4.78 is 16.7. The maximum Gasteiger partial charge on any atom is 0.161 e. The quantitative estimate of drug-likeness (QED) is 0.583. The van der Waals surface area contributed by atoms with Gasteiger partial charge in [0.1, 0.15) is 16.7 Å². The topological polar surface area (TPSA) is 64.2 Å². The molecule has 3 rings (SSSR count). The van der Waals surface area contributed by atoms with Gasteiger partial charge in [0, 0.05) is 17.0 Å². The Bertz CT molecular complexity index is 973. The zero-order valence-electron chi connectivity index (χ0n) is 14.1. The second kappa shape index (κ2) is 6.28. The van der Waals surface area contributed by atoms with Gasteiger partial charge in [-0.2, -0.15) is 0 Å². The van der Waals surface area contributed by atoms with Crippen molar-refractivity contribution in [3.05, 3.63) is 52.9 Å². The molecule has 0 radical (unpaired) electrons. The van der Waals surface area contributed by atoms with Crippen LogP contribution in [0.15, 0.2) is 46.0 Å². The van der Waals surface area contributed by atoms with Crippen LogP contribution in [-0.2, 0) is 0 Å². The average molecular weight is 325 g/mol. The number of fused-ring (bicyclic) bond motifs is 1. The molecule has 5 heteroatoms. The zero-order valence-corrected chi connectivity index (χ0v) is 14.1. The summed E-state index contributed by atoms with van der Waals surface area (Å²) in [4.78, 5) is 0. The van der Waals surface area contributed by atoms with Crippen molar-refractivity contribution in [3.63, 3.8) is 0 Å². The van der Waals surface area contributed by atoms with E-state index in [4.69, 9.17) is 13.9 Å². The van der Waals surface area contributed by atoms with E-state index in [9.17, 15) is 5.21 Å². The number of aryl methyl sites for hydroxylation is 2. The summed E-state index contributed by atoms with van der Waals surface area (Å²) in [6, 6.07) is 11.2. The molecular formula is C19H19NO4. The normalized spacial score (nSPS) is 11.8. The Kier molecular flexibility index (Phi) is 4.16. The molecule has 5 nitrogen and oxygen atoms in total. The fourth-order valence-corrected chi connectivity index (χ4v) is 2.89. The molecule has 124 valence electrons. The third-order valence-corrected chi connectivity index (χ3v) is 3.96. The lowest BCUT2D eigenvalue weighted by atomic mass is 10.0. The molecule has 0 saturated heterocycles. The van der Waals surface area contributed by atoms with Crippen LogP contribution in [0.5, 0.6) is 11.5 Å². The van der Waals surface area contributed by atoms with Crippen LogP contribution in [0.2, 0.25) is 0 Å². The van der Waals surface area contributed by atoms with Crippen LogP contribution in [-0.4, -0.2) is 19.4 Å². The molecule has 3 aromatic rings. The largest absolute Gasteiger partial charge is 0.493 e. The highest BCUT2D eigenvalue weighted by atomic mass is 16.5. The summed E-state index contributed by atoms with van der Waals surface area (Å²) in [5.74, 6) is 1.83. The van der Waals surface area contributed by atoms with Gasteiger partial charge in [-0.3, -0.25) is 0 Å². The van der Waals surface area contributed by atoms with Gasteiger partial charge in [0.05, 0.1) is 14.2 Å². The number of ether oxygens (including phenoxy) is 2. The van der Waals surface area contributed by atoms with Crippen molar-refractivity contribution < 1.29 is 19.1 Å². The molecule has 0 atom stereocenters. The van der Waals surface area contributed by atoms with E-state index < -0.39 is 0 Å². The Balaban J connectivity index is 2.28. The van der Waals surface area contributed by atoms with Gasteiger partial charge < -0.3 is 19.1 Å². The minimum absolute atomic E-state index is 0.471. The SMILES string of the molecule is COc1ccc(-c2cc(=NO)c3c(C)cc(C)cc3o2)cc1OC. The van der Waals surface area contributed by atoms with Crippen molar-refractivity contribution in [2.24, 2.45) is 5.16 Å². The minimum atomic E-state index is 0.471. The number of nitrogens with zero attached hydrogens (tertiary/aromatic N) is 1. The highest BCUT2D eigenvalue weighted by Crippen LogP contribution is 2.33. The first kappa shape index (κ1) is 15.9. The van der Waals surface area contributed by atoms with Crippen LogP contribution in [0.25, 0.3) is 22.3 Å². The molecule has 0 saturated carbocycles. The molecule has 0 aliphatic carbocycles. The predicted octanol–water partition coefficient (Wildman–Crippen LogP) is 4.02. The van der Waals surface area contributed by atoms with E-state index in [-0.39, 0.29) is 0 Å². The molecule has 0 spiro atoms. The smallest absolute Gasteiger partial charge is 0.161 e. The van der Waals surface area contributed by atoms with Crippen LogP contribution >= 0.6 is 0 Å². The van der Waals surface area contributed by atoms with Crippen molar-refractivity contribution in [3.8, 4) is 22.8 Å². The Morgan fingerprint density at radius 1 is 0.958 bits per heavy atom.